The van der Waals surface area contributed by atoms with Crippen molar-refractivity contribution in [3.05, 3.63) is 27.6 Å². The van der Waals surface area contributed by atoms with Crippen molar-refractivity contribution in [3.63, 3.8) is 0 Å². The molecule has 0 aliphatic carbocycles. The third-order valence-corrected chi connectivity index (χ3v) is 2.84. The van der Waals surface area contributed by atoms with Crippen molar-refractivity contribution in [2.45, 2.75) is 13.5 Å². The highest BCUT2D eigenvalue weighted by molar-refractivity contribution is 7.18. The SMILES string of the molecule is Cc1cc2c(=O)n(CC#N)cnc2s1. The van der Waals surface area contributed by atoms with Crippen LogP contribution in [0.25, 0.3) is 10.2 Å². The molecular formula is C9H7N3OS. The van der Waals surface area contributed by atoms with Crippen LogP contribution in [-0.4, -0.2) is 9.55 Å². The summed E-state index contributed by atoms with van der Waals surface area (Å²) in [5, 5.41) is 9.09. The fraction of sp³-hybridized carbons (Fsp3) is 0.222. The molecule has 2 rings (SSSR count). The second-order valence-electron chi connectivity index (χ2n) is 2.91. The van der Waals surface area contributed by atoms with Gasteiger partial charge in [-0.1, -0.05) is 0 Å². The lowest BCUT2D eigenvalue weighted by molar-refractivity contribution is 0.777. The van der Waals surface area contributed by atoms with Crippen LogP contribution >= 0.6 is 11.3 Å². The molecule has 0 fully saturated rings. The Morgan fingerprint density at radius 1 is 1.71 bits per heavy atom. The van der Waals surface area contributed by atoms with Gasteiger partial charge in [0.05, 0.1) is 11.5 Å². The van der Waals surface area contributed by atoms with Gasteiger partial charge in [0, 0.05) is 4.88 Å². The first-order valence-corrected chi connectivity index (χ1v) is 4.86. The van der Waals surface area contributed by atoms with Gasteiger partial charge in [-0.05, 0) is 13.0 Å². The second kappa shape index (κ2) is 3.24. The van der Waals surface area contributed by atoms with E-state index in [4.69, 9.17) is 5.26 Å². The van der Waals surface area contributed by atoms with Crippen molar-refractivity contribution >= 4 is 21.6 Å². The van der Waals surface area contributed by atoms with Crippen molar-refractivity contribution in [2.24, 2.45) is 0 Å². The number of fused-ring (bicyclic) bond motifs is 1. The number of nitriles is 1. The minimum atomic E-state index is -0.138. The van der Waals surface area contributed by atoms with Crippen LogP contribution in [0.15, 0.2) is 17.2 Å². The molecule has 0 saturated heterocycles. The highest BCUT2D eigenvalue weighted by Gasteiger charge is 2.06. The van der Waals surface area contributed by atoms with Gasteiger partial charge in [0.2, 0.25) is 0 Å². The van der Waals surface area contributed by atoms with Crippen LogP contribution in [0, 0.1) is 18.3 Å². The van der Waals surface area contributed by atoms with Crippen molar-refractivity contribution in [1.29, 1.82) is 5.26 Å². The zero-order chi connectivity index (χ0) is 10.1. The van der Waals surface area contributed by atoms with Crippen molar-refractivity contribution in [1.82, 2.24) is 9.55 Å². The minimum absolute atomic E-state index is 0.0522. The third kappa shape index (κ3) is 1.30. The van der Waals surface area contributed by atoms with Gasteiger partial charge in [0.15, 0.2) is 0 Å². The molecule has 0 bridgehead atoms. The summed E-state index contributed by atoms with van der Waals surface area (Å²) in [4.78, 5) is 17.6. The van der Waals surface area contributed by atoms with E-state index in [2.05, 4.69) is 4.98 Å². The second-order valence-corrected chi connectivity index (χ2v) is 4.15. The van der Waals surface area contributed by atoms with E-state index in [-0.39, 0.29) is 12.1 Å². The van der Waals surface area contributed by atoms with Gasteiger partial charge in [-0.15, -0.1) is 11.3 Å². The fourth-order valence-electron chi connectivity index (χ4n) is 1.27. The molecule has 0 saturated carbocycles. The van der Waals surface area contributed by atoms with E-state index in [1.165, 1.54) is 22.2 Å². The summed E-state index contributed by atoms with van der Waals surface area (Å²) in [5.41, 5.74) is -0.138. The summed E-state index contributed by atoms with van der Waals surface area (Å²) in [7, 11) is 0. The Morgan fingerprint density at radius 3 is 3.21 bits per heavy atom. The average molecular weight is 205 g/mol. The maximum Gasteiger partial charge on any atom is 0.263 e. The van der Waals surface area contributed by atoms with E-state index in [1.54, 1.807) is 0 Å². The molecule has 0 N–H and O–H groups in total. The molecular weight excluding hydrogens is 198 g/mol. The summed E-state index contributed by atoms with van der Waals surface area (Å²) in [6.45, 7) is 1.98. The van der Waals surface area contributed by atoms with Crippen LogP contribution in [0.1, 0.15) is 4.88 Å². The highest BCUT2D eigenvalue weighted by Crippen LogP contribution is 2.19. The molecule has 0 spiro atoms. The Morgan fingerprint density at radius 2 is 2.50 bits per heavy atom. The molecule has 0 amide bonds. The van der Waals surface area contributed by atoms with Gasteiger partial charge in [0.1, 0.15) is 17.7 Å². The quantitative estimate of drug-likeness (QED) is 0.704. The van der Waals surface area contributed by atoms with E-state index in [0.29, 0.717) is 5.39 Å². The van der Waals surface area contributed by atoms with E-state index >= 15 is 0 Å². The Labute approximate surface area is 84.1 Å². The lowest BCUT2D eigenvalue weighted by Gasteiger charge is -1.96. The molecule has 70 valence electrons. The fourth-order valence-corrected chi connectivity index (χ4v) is 2.11. The summed E-state index contributed by atoms with van der Waals surface area (Å²) in [6, 6.07) is 3.73. The van der Waals surface area contributed by atoms with Gasteiger partial charge in [-0.2, -0.15) is 5.26 Å². The molecule has 2 aromatic heterocycles. The molecule has 2 heterocycles. The summed E-state index contributed by atoms with van der Waals surface area (Å²) in [5.74, 6) is 0. The molecule has 4 nitrogen and oxygen atoms in total. The van der Waals surface area contributed by atoms with Crippen molar-refractivity contribution < 1.29 is 0 Å². The van der Waals surface area contributed by atoms with Gasteiger partial charge in [-0.3, -0.25) is 9.36 Å². The topological polar surface area (TPSA) is 58.7 Å². The van der Waals surface area contributed by atoms with Crippen LogP contribution in [0.3, 0.4) is 0 Å². The molecule has 0 aliphatic rings. The monoisotopic (exact) mass is 205 g/mol. The summed E-state index contributed by atoms with van der Waals surface area (Å²) >= 11 is 1.49. The minimum Gasteiger partial charge on any atom is -0.285 e. The van der Waals surface area contributed by atoms with Crippen molar-refractivity contribution in [3.8, 4) is 6.07 Å². The van der Waals surface area contributed by atoms with E-state index in [9.17, 15) is 4.79 Å². The van der Waals surface area contributed by atoms with Crippen molar-refractivity contribution in [2.75, 3.05) is 0 Å². The van der Waals surface area contributed by atoms with Gasteiger partial charge in [-0.25, -0.2) is 4.98 Å². The molecule has 5 heteroatoms. The Kier molecular flexibility index (Phi) is 2.06. The van der Waals surface area contributed by atoms with Crippen LogP contribution in [0.2, 0.25) is 0 Å². The first-order chi connectivity index (χ1) is 6.72. The zero-order valence-electron chi connectivity index (χ0n) is 7.52. The third-order valence-electron chi connectivity index (χ3n) is 1.88. The number of thiophene rings is 1. The zero-order valence-corrected chi connectivity index (χ0v) is 8.34. The van der Waals surface area contributed by atoms with E-state index < -0.39 is 0 Å². The van der Waals surface area contributed by atoms with Crippen LogP contribution in [-0.2, 0) is 6.54 Å². The lowest BCUT2D eigenvalue weighted by atomic mass is 10.4. The molecule has 0 aliphatic heterocycles. The maximum atomic E-state index is 11.7. The van der Waals surface area contributed by atoms with Gasteiger partial charge < -0.3 is 0 Å². The number of aromatic nitrogens is 2. The number of hydrogen-bond acceptors (Lipinski definition) is 4. The highest BCUT2D eigenvalue weighted by atomic mass is 32.1. The van der Waals surface area contributed by atoms with Crippen LogP contribution in [0.5, 0.6) is 0 Å². The number of nitrogens with zero attached hydrogens (tertiary/aromatic N) is 3. The summed E-state index contributed by atoms with van der Waals surface area (Å²) in [6.07, 6.45) is 1.42. The molecule has 0 radical (unpaired) electrons. The number of aryl methyl sites for hydroxylation is 1. The average Bonchev–Trinajstić information content (AvgIpc) is 2.52. The molecule has 2 aromatic rings. The number of hydrogen-bond donors (Lipinski definition) is 0. The standard InChI is InChI=1S/C9H7N3OS/c1-6-4-7-8(14-6)11-5-12(3-2-10)9(7)13/h4-5H,3H2,1H3. The van der Waals surface area contributed by atoms with Crippen LogP contribution < -0.4 is 5.56 Å². The Bertz CT molecular complexity index is 576. The predicted octanol–water partition coefficient (Wildman–Crippen LogP) is 1.29. The van der Waals surface area contributed by atoms with Gasteiger partial charge in [0.25, 0.3) is 5.56 Å². The Hall–Kier alpha value is -1.67. The smallest absolute Gasteiger partial charge is 0.263 e. The molecule has 0 unspecified atom stereocenters. The van der Waals surface area contributed by atoms with Gasteiger partial charge >= 0.3 is 0 Å². The predicted molar refractivity (Wildman–Crippen MR) is 54.2 cm³/mol. The Balaban J connectivity index is 2.76. The largest absolute Gasteiger partial charge is 0.285 e. The summed E-state index contributed by atoms with van der Waals surface area (Å²) < 4.78 is 1.31. The van der Waals surface area contributed by atoms with E-state index in [0.717, 1.165) is 9.71 Å². The molecule has 0 aromatic carbocycles. The maximum absolute atomic E-state index is 11.7. The normalized spacial score (nSPS) is 10.3. The lowest BCUT2D eigenvalue weighted by Crippen LogP contribution is -2.19. The first kappa shape index (κ1) is 8.91. The number of rotatable bonds is 1. The molecule has 14 heavy (non-hydrogen) atoms. The van der Waals surface area contributed by atoms with E-state index in [1.807, 2.05) is 19.1 Å². The first-order valence-electron chi connectivity index (χ1n) is 4.05. The van der Waals surface area contributed by atoms with Crippen LogP contribution in [0.4, 0.5) is 0 Å². The molecule has 0 atom stereocenters.